The molecule has 2 rings (SSSR count). The van der Waals surface area contributed by atoms with Gasteiger partial charge in [-0.3, -0.25) is 4.55 Å². The van der Waals surface area contributed by atoms with E-state index in [1.165, 1.54) is 11.6 Å². The second-order valence-electron chi connectivity index (χ2n) is 4.68. The van der Waals surface area contributed by atoms with Crippen LogP contribution in [0.25, 0.3) is 6.08 Å². The first-order valence-electron chi connectivity index (χ1n) is 5.04. The zero-order chi connectivity index (χ0) is 12.1. The molecule has 1 N–H and O–H groups in total. The van der Waals surface area contributed by atoms with Gasteiger partial charge in [0.1, 0.15) is 0 Å². The van der Waals surface area contributed by atoms with Gasteiger partial charge in [0.25, 0.3) is 10.1 Å². The third-order valence-corrected chi connectivity index (χ3v) is 4.20. The summed E-state index contributed by atoms with van der Waals surface area (Å²) >= 11 is 0. The molecule has 0 unspecified atom stereocenters. The average Bonchev–Trinajstić information content (AvgIpc) is 2.37. The Balaban J connectivity index is 2.66. The van der Waals surface area contributed by atoms with Gasteiger partial charge in [-0.25, -0.2) is 0 Å². The predicted molar refractivity (Wildman–Crippen MR) is 62.9 cm³/mol. The van der Waals surface area contributed by atoms with Gasteiger partial charge in [-0.05, 0) is 30.2 Å². The molecule has 0 saturated carbocycles. The maximum Gasteiger partial charge on any atom is 0.294 e. The summed E-state index contributed by atoms with van der Waals surface area (Å²) in [5, 5.41) is 0. The summed E-state index contributed by atoms with van der Waals surface area (Å²) in [4.78, 5) is -0.0394. The van der Waals surface area contributed by atoms with Crippen molar-refractivity contribution in [3.8, 4) is 0 Å². The Labute approximate surface area is 95.6 Å². The molecule has 0 fully saturated rings. The van der Waals surface area contributed by atoms with Crippen LogP contribution >= 0.6 is 0 Å². The molecule has 0 bridgehead atoms. The van der Waals surface area contributed by atoms with E-state index in [4.69, 9.17) is 4.55 Å². The maximum absolute atomic E-state index is 11.1. The standard InChI is InChI=1S/C12H14O3S/c1-8-6-9-4-5-10(16(13,14)15)7-11(9)12(8,2)3/h4-7H,1-3H3,(H,13,14,15). The van der Waals surface area contributed by atoms with Crippen LogP contribution in [-0.4, -0.2) is 13.0 Å². The molecular formula is C12H14O3S. The molecule has 1 aliphatic carbocycles. The van der Waals surface area contributed by atoms with Crippen molar-refractivity contribution in [1.29, 1.82) is 0 Å². The van der Waals surface area contributed by atoms with E-state index in [2.05, 4.69) is 0 Å². The van der Waals surface area contributed by atoms with E-state index in [-0.39, 0.29) is 10.3 Å². The highest BCUT2D eigenvalue weighted by Gasteiger charge is 2.31. The van der Waals surface area contributed by atoms with Crippen LogP contribution in [0.2, 0.25) is 0 Å². The molecule has 16 heavy (non-hydrogen) atoms. The summed E-state index contributed by atoms with van der Waals surface area (Å²) in [5.41, 5.74) is 2.99. The van der Waals surface area contributed by atoms with Crippen molar-refractivity contribution >= 4 is 16.2 Å². The van der Waals surface area contributed by atoms with Crippen molar-refractivity contribution in [2.45, 2.75) is 31.1 Å². The van der Waals surface area contributed by atoms with Gasteiger partial charge in [0.2, 0.25) is 0 Å². The highest BCUT2D eigenvalue weighted by Crippen LogP contribution is 2.41. The summed E-state index contributed by atoms with van der Waals surface area (Å²) in [6.45, 7) is 6.10. The van der Waals surface area contributed by atoms with Crippen molar-refractivity contribution < 1.29 is 13.0 Å². The van der Waals surface area contributed by atoms with E-state index in [0.717, 1.165) is 11.1 Å². The van der Waals surface area contributed by atoms with Crippen molar-refractivity contribution in [3.63, 3.8) is 0 Å². The quantitative estimate of drug-likeness (QED) is 0.765. The SMILES string of the molecule is CC1=Cc2ccc(S(=O)(=O)O)cc2C1(C)C. The molecule has 0 radical (unpaired) electrons. The first-order valence-corrected chi connectivity index (χ1v) is 6.48. The average molecular weight is 238 g/mol. The Kier molecular flexibility index (Phi) is 2.26. The van der Waals surface area contributed by atoms with Crippen LogP contribution in [0.4, 0.5) is 0 Å². The minimum atomic E-state index is -4.12. The van der Waals surface area contributed by atoms with Crippen LogP contribution in [0.5, 0.6) is 0 Å². The van der Waals surface area contributed by atoms with Crippen LogP contribution in [-0.2, 0) is 15.5 Å². The summed E-state index contributed by atoms with van der Waals surface area (Å²) < 4.78 is 31.1. The summed E-state index contributed by atoms with van der Waals surface area (Å²) in [5.74, 6) is 0. The van der Waals surface area contributed by atoms with Gasteiger partial charge in [0, 0.05) is 5.41 Å². The van der Waals surface area contributed by atoms with E-state index in [9.17, 15) is 8.42 Å². The fourth-order valence-corrected chi connectivity index (χ4v) is 2.50. The summed E-state index contributed by atoms with van der Waals surface area (Å²) in [7, 11) is -4.12. The molecule has 86 valence electrons. The normalized spacial score (nSPS) is 18.1. The minimum Gasteiger partial charge on any atom is -0.282 e. The Hall–Kier alpha value is -1.13. The summed E-state index contributed by atoms with van der Waals surface area (Å²) in [6, 6.07) is 4.72. The van der Waals surface area contributed by atoms with Crippen LogP contribution in [0.3, 0.4) is 0 Å². The predicted octanol–water partition coefficient (Wildman–Crippen LogP) is 2.63. The van der Waals surface area contributed by atoms with Gasteiger partial charge in [0.15, 0.2) is 0 Å². The van der Waals surface area contributed by atoms with Gasteiger partial charge >= 0.3 is 0 Å². The molecular weight excluding hydrogens is 224 g/mol. The van der Waals surface area contributed by atoms with E-state index < -0.39 is 10.1 Å². The van der Waals surface area contributed by atoms with Crippen LogP contribution in [0.15, 0.2) is 28.7 Å². The molecule has 0 amide bonds. The Morgan fingerprint density at radius 2 is 1.88 bits per heavy atom. The van der Waals surface area contributed by atoms with Crippen LogP contribution < -0.4 is 0 Å². The van der Waals surface area contributed by atoms with Gasteiger partial charge in [-0.15, -0.1) is 0 Å². The molecule has 4 heteroatoms. The molecule has 1 aromatic carbocycles. The molecule has 0 heterocycles. The number of rotatable bonds is 1. The lowest BCUT2D eigenvalue weighted by atomic mass is 9.82. The fraction of sp³-hybridized carbons (Fsp3) is 0.333. The Bertz CT molecular complexity index is 580. The number of hydrogen-bond donors (Lipinski definition) is 1. The second kappa shape index (κ2) is 3.18. The minimum absolute atomic E-state index is 0.0394. The highest BCUT2D eigenvalue weighted by atomic mass is 32.2. The smallest absolute Gasteiger partial charge is 0.282 e. The largest absolute Gasteiger partial charge is 0.294 e. The fourth-order valence-electron chi connectivity index (χ4n) is 1.99. The lowest BCUT2D eigenvalue weighted by molar-refractivity contribution is 0.483. The Morgan fingerprint density at radius 3 is 2.44 bits per heavy atom. The van der Waals surface area contributed by atoms with Crippen molar-refractivity contribution in [3.05, 3.63) is 34.9 Å². The van der Waals surface area contributed by atoms with Crippen LogP contribution in [0, 0.1) is 0 Å². The first-order chi connectivity index (χ1) is 7.23. The number of allylic oxidation sites excluding steroid dienone is 1. The lowest BCUT2D eigenvalue weighted by Gasteiger charge is -2.22. The van der Waals surface area contributed by atoms with E-state index in [1.54, 1.807) is 12.1 Å². The van der Waals surface area contributed by atoms with Crippen molar-refractivity contribution in [1.82, 2.24) is 0 Å². The summed E-state index contributed by atoms with van der Waals surface area (Å²) in [6.07, 6.45) is 2.04. The zero-order valence-electron chi connectivity index (χ0n) is 9.48. The number of benzene rings is 1. The second-order valence-corrected chi connectivity index (χ2v) is 6.10. The Morgan fingerprint density at radius 1 is 1.25 bits per heavy atom. The third-order valence-electron chi connectivity index (χ3n) is 3.35. The molecule has 0 aromatic heterocycles. The lowest BCUT2D eigenvalue weighted by Crippen LogP contribution is -2.16. The number of hydrogen-bond acceptors (Lipinski definition) is 2. The van der Waals surface area contributed by atoms with E-state index in [1.807, 2.05) is 26.8 Å². The van der Waals surface area contributed by atoms with E-state index >= 15 is 0 Å². The van der Waals surface area contributed by atoms with Gasteiger partial charge in [-0.2, -0.15) is 8.42 Å². The van der Waals surface area contributed by atoms with Crippen LogP contribution in [0.1, 0.15) is 31.9 Å². The molecule has 3 nitrogen and oxygen atoms in total. The number of fused-ring (bicyclic) bond motifs is 1. The van der Waals surface area contributed by atoms with E-state index in [0.29, 0.717) is 0 Å². The molecule has 0 atom stereocenters. The first kappa shape index (κ1) is 11.4. The van der Waals surface area contributed by atoms with Crippen molar-refractivity contribution in [2.75, 3.05) is 0 Å². The molecule has 1 aromatic rings. The topological polar surface area (TPSA) is 54.4 Å². The maximum atomic E-state index is 11.1. The monoisotopic (exact) mass is 238 g/mol. The molecule has 0 saturated heterocycles. The van der Waals surface area contributed by atoms with Gasteiger partial charge < -0.3 is 0 Å². The van der Waals surface area contributed by atoms with Crippen molar-refractivity contribution in [2.24, 2.45) is 0 Å². The van der Waals surface area contributed by atoms with Gasteiger partial charge in [0.05, 0.1) is 4.90 Å². The van der Waals surface area contributed by atoms with Gasteiger partial charge in [-0.1, -0.05) is 31.6 Å². The molecule has 0 spiro atoms. The highest BCUT2D eigenvalue weighted by molar-refractivity contribution is 7.85. The third kappa shape index (κ3) is 1.58. The zero-order valence-corrected chi connectivity index (χ0v) is 10.3. The molecule has 1 aliphatic rings. The molecule has 0 aliphatic heterocycles.